The summed E-state index contributed by atoms with van der Waals surface area (Å²) in [6.07, 6.45) is -1.66. The Morgan fingerprint density at radius 1 is 1.22 bits per heavy atom. The van der Waals surface area contributed by atoms with Gasteiger partial charge in [0.25, 0.3) is 0 Å². The molecule has 0 fully saturated rings. The molecule has 2 rings (SSSR count). The van der Waals surface area contributed by atoms with Crippen molar-refractivity contribution < 1.29 is 23.0 Å². The first-order chi connectivity index (χ1) is 8.61. The molecule has 0 radical (unpaired) electrons. The van der Waals surface area contributed by atoms with Crippen molar-refractivity contribution in [2.45, 2.75) is 19.1 Å². The number of rotatable bonds is 6. The number of anilines is 1. The molecule has 0 atom stereocenters. The summed E-state index contributed by atoms with van der Waals surface area (Å²) in [6.45, 7) is 1.47. The van der Waals surface area contributed by atoms with E-state index in [1.54, 1.807) is 13.2 Å². The Morgan fingerprint density at radius 3 is 2.78 bits per heavy atom. The van der Waals surface area contributed by atoms with Crippen LogP contribution >= 0.6 is 0 Å². The fourth-order valence-corrected chi connectivity index (χ4v) is 1.66. The summed E-state index contributed by atoms with van der Waals surface area (Å²) in [5, 5.41) is 3.12. The van der Waals surface area contributed by atoms with Crippen LogP contribution in [0.4, 0.5) is 14.5 Å². The largest absolute Gasteiger partial charge is 0.586 e. The molecule has 0 bridgehead atoms. The summed E-state index contributed by atoms with van der Waals surface area (Å²) in [6, 6.07) is 4.65. The van der Waals surface area contributed by atoms with Crippen LogP contribution in [0.2, 0.25) is 0 Å². The van der Waals surface area contributed by atoms with E-state index in [0.717, 1.165) is 31.7 Å². The summed E-state index contributed by atoms with van der Waals surface area (Å²) in [4.78, 5) is 0. The van der Waals surface area contributed by atoms with Gasteiger partial charge in [-0.3, -0.25) is 0 Å². The van der Waals surface area contributed by atoms with E-state index < -0.39 is 6.29 Å². The van der Waals surface area contributed by atoms with E-state index >= 15 is 0 Å². The summed E-state index contributed by atoms with van der Waals surface area (Å²) in [7, 11) is 1.66. The third-order valence-electron chi connectivity index (χ3n) is 2.51. The minimum absolute atomic E-state index is 0.0573. The Bertz CT molecular complexity index is 412. The quantitative estimate of drug-likeness (QED) is 0.797. The highest BCUT2D eigenvalue weighted by atomic mass is 19.3. The maximum absolute atomic E-state index is 12.8. The van der Waals surface area contributed by atoms with E-state index in [9.17, 15) is 8.78 Å². The second kappa shape index (κ2) is 5.39. The van der Waals surface area contributed by atoms with Gasteiger partial charge in [0.1, 0.15) is 0 Å². The van der Waals surface area contributed by atoms with Crippen molar-refractivity contribution in [3.63, 3.8) is 0 Å². The zero-order valence-corrected chi connectivity index (χ0v) is 10.0. The Hall–Kier alpha value is -1.56. The number of methoxy groups -OCH3 is 1. The molecule has 1 aliphatic heterocycles. The summed E-state index contributed by atoms with van der Waals surface area (Å²) in [5.74, 6) is 0.117. The van der Waals surface area contributed by atoms with Crippen LogP contribution in [0, 0.1) is 0 Å². The average molecular weight is 259 g/mol. The predicted molar refractivity (Wildman–Crippen MR) is 62.2 cm³/mol. The first kappa shape index (κ1) is 12.9. The average Bonchev–Trinajstić information content (AvgIpc) is 2.62. The zero-order valence-electron chi connectivity index (χ0n) is 10.0. The summed E-state index contributed by atoms with van der Waals surface area (Å²) in [5.41, 5.74) is 0.729. The Balaban J connectivity index is 1.85. The lowest BCUT2D eigenvalue weighted by molar-refractivity contribution is -0.286. The highest BCUT2D eigenvalue weighted by Crippen LogP contribution is 2.42. The van der Waals surface area contributed by atoms with Gasteiger partial charge in [-0.2, -0.15) is 0 Å². The van der Waals surface area contributed by atoms with Gasteiger partial charge in [0.05, 0.1) is 0 Å². The topological polar surface area (TPSA) is 39.7 Å². The number of alkyl halides is 2. The van der Waals surface area contributed by atoms with Crippen molar-refractivity contribution in [2.24, 2.45) is 0 Å². The van der Waals surface area contributed by atoms with Crippen molar-refractivity contribution >= 4 is 5.69 Å². The molecule has 18 heavy (non-hydrogen) atoms. The molecule has 0 saturated carbocycles. The highest BCUT2D eigenvalue weighted by molar-refractivity contribution is 5.55. The number of ether oxygens (including phenoxy) is 3. The fraction of sp³-hybridized carbons (Fsp3) is 0.500. The third-order valence-corrected chi connectivity index (χ3v) is 2.51. The van der Waals surface area contributed by atoms with Crippen LogP contribution < -0.4 is 14.8 Å². The number of fused-ring (bicyclic) bond motifs is 1. The number of hydrogen-bond donors (Lipinski definition) is 1. The first-order valence-corrected chi connectivity index (χ1v) is 5.73. The Labute approximate surface area is 104 Å². The molecule has 100 valence electrons. The molecule has 0 saturated heterocycles. The smallest absolute Gasteiger partial charge is 0.395 e. The van der Waals surface area contributed by atoms with E-state index in [-0.39, 0.29) is 11.5 Å². The van der Waals surface area contributed by atoms with Crippen LogP contribution in [0.1, 0.15) is 12.8 Å². The van der Waals surface area contributed by atoms with Crippen molar-refractivity contribution in [3.8, 4) is 11.5 Å². The number of unbranched alkanes of at least 4 members (excludes halogenated alkanes) is 1. The van der Waals surface area contributed by atoms with Crippen molar-refractivity contribution in [2.75, 3.05) is 25.6 Å². The molecular formula is C12H15F2NO3. The predicted octanol–water partition coefficient (Wildman–Crippen LogP) is 2.85. The van der Waals surface area contributed by atoms with E-state index in [1.165, 1.54) is 12.1 Å². The van der Waals surface area contributed by atoms with Gasteiger partial charge in [-0.05, 0) is 25.0 Å². The van der Waals surface area contributed by atoms with Crippen LogP contribution in [0.15, 0.2) is 18.2 Å². The van der Waals surface area contributed by atoms with E-state index in [0.29, 0.717) is 0 Å². The lowest BCUT2D eigenvalue weighted by atomic mass is 10.2. The van der Waals surface area contributed by atoms with Crippen LogP contribution in [0.3, 0.4) is 0 Å². The second-order valence-electron chi connectivity index (χ2n) is 3.96. The molecular weight excluding hydrogens is 244 g/mol. The lowest BCUT2D eigenvalue weighted by Crippen LogP contribution is -2.25. The normalized spacial score (nSPS) is 15.7. The van der Waals surface area contributed by atoms with Crippen molar-refractivity contribution in [3.05, 3.63) is 18.2 Å². The summed E-state index contributed by atoms with van der Waals surface area (Å²) < 4.78 is 39.2. The lowest BCUT2D eigenvalue weighted by Gasteiger charge is -2.06. The number of nitrogens with one attached hydrogen (secondary N) is 1. The Kier molecular flexibility index (Phi) is 3.86. The minimum atomic E-state index is -3.56. The minimum Gasteiger partial charge on any atom is -0.395 e. The van der Waals surface area contributed by atoms with Gasteiger partial charge in [0.15, 0.2) is 11.5 Å². The molecule has 0 unspecified atom stereocenters. The van der Waals surface area contributed by atoms with Crippen molar-refractivity contribution in [1.82, 2.24) is 0 Å². The second-order valence-corrected chi connectivity index (χ2v) is 3.96. The maximum atomic E-state index is 12.8. The van der Waals surface area contributed by atoms with Gasteiger partial charge < -0.3 is 19.5 Å². The molecule has 0 aromatic heterocycles. The molecule has 1 N–H and O–H groups in total. The summed E-state index contributed by atoms with van der Waals surface area (Å²) >= 11 is 0. The molecule has 0 amide bonds. The van der Waals surface area contributed by atoms with Gasteiger partial charge in [-0.15, -0.1) is 8.78 Å². The third kappa shape index (κ3) is 3.22. The van der Waals surface area contributed by atoms with Gasteiger partial charge in [-0.25, -0.2) is 0 Å². The monoisotopic (exact) mass is 259 g/mol. The van der Waals surface area contributed by atoms with E-state index in [2.05, 4.69) is 14.8 Å². The van der Waals surface area contributed by atoms with Crippen LogP contribution in [-0.4, -0.2) is 26.6 Å². The zero-order chi connectivity index (χ0) is 13.0. The highest BCUT2D eigenvalue weighted by Gasteiger charge is 2.43. The SMILES string of the molecule is COCCCCNc1ccc2c(c1)OC(F)(F)O2. The molecule has 0 aliphatic carbocycles. The Morgan fingerprint density at radius 2 is 2.00 bits per heavy atom. The van der Waals surface area contributed by atoms with Gasteiger partial charge in [-0.1, -0.05) is 0 Å². The number of halogens is 2. The molecule has 1 heterocycles. The van der Waals surface area contributed by atoms with Crippen LogP contribution in [0.25, 0.3) is 0 Å². The molecule has 4 nitrogen and oxygen atoms in total. The number of benzene rings is 1. The van der Waals surface area contributed by atoms with E-state index in [4.69, 9.17) is 4.74 Å². The van der Waals surface area contributed by atoms with Gasteiger partial charge in [0, 0.05) is 32.0 Å². The van der Waals surface area contributed by atoms with Crippen LogP contribution in [0.5, 0.6) is 11.5 Å². The molecule has 1 aliphatic rings. The number of hydrogen-bond acceptors (Lipinski definition) is 4. The van der Waals surface area contributed by atoms with Gasteiger partial charge in [0.2, 0.25) is 0 Å². The van der Waals surface area contributed by atoms with Crippen molar-refractivity contribution in [1.29, 1.82) is 0 Å². The first-order valence-electron chi connectivity index (χ1n) is 5.73. The molecule has 6 heteroatoms. The molecule has 1 aromatic carbocycles. The fourth-order valence-electron chi connectivity index (χ4n) is 1.66. The molecule has 1 aromatic rings. The van der Waals surface area contributed by atoms with Crippen LogP contribution in [-0.2, 0) is 4.74 Å². The molecule has 0 spiro atoms. The maximum Gasteiger partial charge on any atom is 0.586 e. The van der Waals surface area contributed by atoms with Gasteiger partial charge >= 0.3 is 6.29 Å². The standard InChI is InChI=1S/C12H15F2NO3/c1-16-7-3-2-6-15-9-4-5-10-11(8-9)18-12(13,14)17-10/h4-5,8,15H,2-3,6-7H2,1H3. The van der Waals surface area contributed by atoms with E-state index in [1.807, 2.05) is 0 Å².